The van der Waals surface area contributed by atoms with Crippen molar-refractivity contribution in [3.05, 3.63) is 29.8 Å². The molecule has 0 bridgehead atoms. The lowest BCUT2D eigenvalue weighted by Gasteiger charge is -2.29. The molecular formula is C12H14N2O3. The van der Waals surface area contributed by atoms with E-state index < -0.39 is 5.97 Å². The molecule has 0 unspecified atom stereocenters. The third-order valence-corrected chi connectivity index (χ3v) is 2.70. The Morgan fingerprint density at radius 2 is 2.18 bits per heavy atom. The van der Waals surface area contributed by atoms with Crippen LogP contribution in [0.15, 0.2) is 24.3 Å². The van der Waals surface area contributed by atoms with Crippen LogP contribution in [0.3, 0.4) is 0 Å². The Bertz CT molecular complexity index is 445. The Kier molecular flexibility index (Phi) is 3.27. The van der Waals surface area contributed by atoms with Crippen LogP contribution in [0.5, 0.6) is 0 Å². The topological polar surface area (TPSA) is 69.6 Å². The van der Waals surface area contributed by atoms with E-state index in [-0.39, 0.29) is 12.5 Å². The number of benzene rings is 1. The maximum absolute atomic E-state index is 11.7. The van der Waals surface area contributed by atoms with Crippen molar-refractivity contribution in [2.75, 3.05) is 18.0 Å². The Labute approximate surface area is 99.0 Å². The standard InChI is InChI=1S/C12H14N2O3/c15-11(16)8-9-4-1-2-5-10(9)14-7-3-6-13-12(14)17/h1-2,4-5H,3,6-8H2,(H,13,17)(H,15,16). The zero-order valence-corrected chi connectivity index (χ0v) is 9.35. The molecule has 0 aliphatic carbocycles. The lowest BCUT2D eigenvalue weighted by atomic mass is 10.1. The number of para-hydroxylation sites is 1. The number of carboxylic acid groups (broad SMARTS) is 1. The molecule has 2 N–H and O–H groups in total. The summed E-state index contributed by atoms with van der Waals surface area (Å²) in [6, 6.07) is 6.95. The Morgan fingerprint density at radius 1 is 1.41 bits per heavy atom. The van der Waals surface area contributed by atoms with Crippen LogP contribution in [0.2, 0.25) is 0 Å². The van der Waals surface area contributed by atoms with Crippen molar-refractivity contribution < 1.29 is 14.7 Å². The van der Waals surface area contributed by atoms with Crippen LogP contribution in [0.1, 0.15) is 12.0 Å². The van der Waals surface area contributed by atoms with Crippen molar-refractivity contribution in [1.29, 1.82) is 0 Å². The summed E-state index contributed by atoms with van der Waals surface area (Å²) in [6.07, 6.45) is 0.799. The van der Waals surface area contributed by atoms with E-state index in [0.29, 0.717) is 24.3 Å². The summed E-state index contributed by atoms with van der Waals surface area (Å²) in [7, 11) is 0. The van der Waals surface area contributed by atoms with Crippen LogP contribution < -0.4 is 10.2 Å². The maximum atomic E-state index is 11.7. The third kappa shape index (κ3) is 2.55. The number of nitrogens with one attached hydrogen (secondary N) is 1. The number of rotatable bonds is 3. The highest BCUT2D eigenvalue weighted by molar-refractivity contribution is 5.94. The molecule has 1 aromatic rings. The Balaban J connectivity index is 2.30. The first-order valence-electron chi connectivity index (χ1n) is 5.53. The molecule has 90 valence electrons. The molecule has 0 spiro atoms. The third-order valence-electron chi connectivity index (χ3n) is 2.70. The highest BCUT2D eigenvalue weighted by atomic mass is 16.4. The van der Waals surface area contributed by atoms with Gasteiger partial charge in [-0.3, -0.25) is 9.69 Å². The number of carboxylic acids is 1. The SMILES string of the molecule is O=C(O)Cc1ccccc1N1CCCNC1=O. The Morgan fingerprint density at radius 3 is 2.88 bits per heavy atom. The van der Waals surface area contributed by atoms with E-state index in [4.69, 9.17) is 5.11 Å². The average molecular weight is 234 g/mol. The van der Waals surface area contributed by atoms with Crippen molar-refractivity contribution in [1.82, 2.24) is 5.32 Å². The van der Waals surface area contributed by atoms with Crippen LogP contribution >= 0.6 is 0 Å². The molecular weight excluding hydrogens is 220 g/mol. The zero-order chi connectivity index (χ0) is 12.3. The van der Waals surface area contributed by atoms with E-state index in [2.05, 4.69) is 5.32 Å². The van der Waals surface area contributed by atoms with Crippen molar-refractivity contribution in [3.8, 4) is 0 Å². The van der Waals surface area contributed by atoms with Gasteiger partial charge in [0, 0.05) is 18.8 Å². The molecule has 1 fully saturated rings. The van der Waals surface area contributed by atoms with Gasteiger partial charge in [0.25, 0.3) is 0 Å². The second-order valence-electron chi connectivity index (χ2n) is 3.94. The molecule has 17 heavy (non-hydrogen) atoms. The fourth-order valence-corrected chi connectivity index (χ4v) is 1.95. The summed E-state index contributed by atoms with van der Waals surface area (Å²) in [5, 5.41) is 11.6. The van der Waals surface area contributed by atoms with Gasteiger partial charge in [-0.25, -0.2) is 4.79 Å². The van der Waals surface area contributed by atoms with Crippen molar-refractivity contribution in [3.63, 3.8) is 0 Å². The van der Waals surface area contributed by atoms with Gasteiger partial charge < -0.3 is 10.4 Å². The first kappa shape index (κ1) is 11.4. The number of aliphatic carboxylic acids is 1. The van der Waals surface area contributed by atoms with E-state index in [1.807, 2.05) is 6.07 Å². The molecule has 0 saturated carbocycles. The predicted molar refractivity (Wildman–Crippen MR) is 63.1 cm³/mol. The van der Waals surface area contributed by atoms with Gasteiger partial charge in [0.1, 0.15) is 0 Å². The number of anilines is 1. The normalized spacial score (nSPS) is 15.5. The first-order chi connectivity index (χ1) is 8.18. The molecule has 0 atom stereocenters. The summed E-state index contributed by atoms with van der Waals surface area (Å²) < 4.78 is 0. The number of urea groups is 1. The van der Waals surface area contributed by atoms with Crippen molar-refractivity contribution in [2.24, 2.45) is 0 Å². The van der Waals surface area contributed by atoms with Gasteiger partial charge >= 0.3 is 12.0 Å². The number of carbonyl (C=O) groups is 2. The largest absolute Gasteiger partial charge is 0.481 e. The van der Waals surface area contributed by atoms with E-state index >= 15 is 0 Å². The van der Waals surface area contributed by atoms with E-state index in [1.165, 1.54) is 0 Å². The monoisotopic (exact) mass is 234 g/mol. The molecule has 0 radical (unpaired) electrons. The quantitative estimate of drug-likeness (QED) is 0.826. The van der Waals surface area contributed by atoms with Gasteiger partial charge in [0.15, 0.2) is 0 Å². The molecule has 1 aliphatic heterocycles. The Hall–Kier alpha value is -2.04. The van der Waals surface area contributed by atoms with Crippen LogP contribution in [-0.4, -0.2) is 30.2 Å². The van der Waals surface area contributed by atoms with E-state index in [9.17, 15) is 9.59 Å². The number of hydrogen-bond acceptors (Lipinski definition) is 2. The fraction of sp³-hybridized carbons (Fsp3) is 0.333. The summed E-state index contributed by atoms with van der Waals surface area (Å²) >= 11 is 0. The van der Waals surface area contributed by atoms with Crippen molar-refractivity contribution >= 4 is 17.7 Å². The van der Waals surface area contributed by atoms with Crippen LogP contribution in [0.4, 0.5) is 10.5 Å². The second kappa shape index (κ2) is 4.86. The predicted octanol–water partition coefficient (Wildman–Crippen LogP) is 1.23. The van der Waals surface area contributed by atoms with Gasteiger partial charge in [-0.05, 0) is 18.1 Å². The van der Waals surface area contributed by atoms with Crippen molar-refractivity contribution in [2.45, 2.75) is 12.8 Å². The minimum Gasteiger partial charge on any atom is -0.481 e. The molecule has 0 aromatic heterocycles. The molecule has 2 rings (SSSR count). The van der Waals surface area contributed by atoms with Gasteiger partial charge in [-0.2, -0.15) is 0 Å². The number of amides is 2. The maximum Gasteiger partial charge on any atom is 0.321 e. The van der Waals surface area contributed by atoms with Gasteiger partial charge in [-0.15, -0.1) is 0 Å². The highest BCUT2D eigenvalue weighted by Gasteiger charge is 2.21. The van der Waals surface area contributed by atoms with E-state index in [1.54, 1.807) is 23.1 Å². The lowest BCUT2D eigenvalue weighted by molar-refractivity contribution is -0.136. The van der Waals surface area contributed by atoms with Gasteiger partial charge in [0.05, 0.1) is 6.42 Å². The first-order valence-corrected chi connectivity index (χ1v) is 5.53. The minimum absolute atomic E-state index is 0.0695. The lowest BCUT2D eigenvalue weighted by Crippen LogP contribution is -2.46. The zero-order valence-electron chi connectivity index (χ0n) is 9.35. The van der Waals surface area contributed by atoms with E-state index in [0.717, 1.165) is 6.42 Å². The fourth-order valence-electron chi connectivity index (χ4n) is 1.95. The summed E-state index contributed by atoms with van der Waals surface area (Å²) in [5.74, 6) is -0.894. The number of carbonyl (C=O) groups excluding carboxylic acids is 1. The van der Waals surface area contributed by atoms with Gasteiger partial charge in [-0.1, -0.05) is 18.2 Å². The van der Waals surface area contributed by atoms with Crippen LogP contribution in [0, 0.1) is 0 Å². The smallest absolute Gasteiger partial charge is 0.321 e. The molecule has 1 heterocycles. The summed E-state index contributed by atoms with van der Waals surface area (Å²) in [4.78, 5) is 24.1. The minimum atomic E-state index is -0.894. The average Bonchev–Trinajstić information content (AvgIpc) is 2.30. The summed E-state index contributed by atoms with van der Waals surface area (Å²) in [6.45, 7) is 1.30. The highest BCUT2D eigenvalue weighted by Crippen LogP contribution is 2.22. The molecule has 2 amide bonds. The molecule has 1 aromatic carbocycles. The van der Waals surface area contributed by atoms with Gasteiger partial charge in [0.2, 0.25) is 0 Å². The molecule has 1 saturated heterocycles. The molecule has 1 aliphatic rings. The second-order valence-corrected chi connectivity index (χ2v) is 3.94. The molecule has 5 heteroatoms. The van der Waals surface area contributed by atoms with Crippen LogP contribution in [0.25, 0.3) is 0 Å². The number of hydrogen-bond donors (Lipinski definition) is 2. The molecule has 5 nitrogen and oxygen atoms in total. The summed E-state index contributed by atoms with van der Waals surface area (Å²) in [5.41, 5.74) is 1.35. The van der Waals surface area contributed by atoms with Crippen LogP contribution in [-0.2, 0) is 11.2 Å². The number of nitrogens with zero attached hydrogens (tertiary/aromatic N) is 1.